The number of hydrogen-bond donors (Lipinski definition) is 1. The molecule has 0 spiro atoms. The summed E-state index contributed by atoms with van der Waals surface area (Å²) >= 11 is 29.9. The van der Waals surface area contributed by atoms with E-state index in [1.165, 1.54) is 12.8 Å². The van der Waals surface area contributed by atoms with Crippen molar-refractivity contribution < 1.29 is 4.74 Å². The summed E-state index contributed by atoms with van der Waals surface area (Å²) in [6, 6.07) is 0.687. The molecule has 2 rings (SSSR count). The van der Waals surface area contributed by atoms with Gasteiger partial charge < -0.3 is 10.1 Å². The second-order valence-corrected chi connectivity index (χ2v) is 6.22. The highest BCUT2D eigenvalue weighted by Crippen LogP contribution is 2.48. The number of halogens is 5. The summed E-state index contributed by atoms with van der Waals surface area (Å²) in [5.41, 5.74) is 0. The maximum Gasteiger partial charge on any atom is 0.159 e. The summed E-state index contributed by atoms with van der Waals surface area (Å²) < 4.78 is 5.56. The van der Waals surface area contributed by atoms with Crippen molar-refractivity contribution in [3.8, 4) is 5.75 Å². The van der Waals surface area contributed by atoms with Crippen molar-refractivity contribution >= 4 is 58.0 Å². The molecule has 0 amide bonds. The van der Waals surface area contributed by atoms with Crippen LogP contribution in [0, 0.1) is 0 Å². The van der Waals surface area contributed by atoms with E-state index in [2.05, 4.69) is 5.32 Å². The quantitative estimate of drug-likeness (QED) is 0.411. The molecule has 19 heavy (non-hydrogen) atoms. The molecule has 1 aromatic carbocycles. The first-order valence-electron chi connectivity index (χ1n) is 5.90. The van der Waals surface area contributed by atoms with Gasteiger partial charge >= 0.3 is 0 Å². The van der Waals surface area contributed by atoms with Gasteiger partial charge in [0.05, 0.1) is 21.7 Å². The second-order valence-electron chi connectivity index (χ2n) is 4.33. The fourth-order valence-corrected chi connectivity index (χ4v) is 2.78. The minimum atomic E-state index is 0.140. The monoisotopic (exact) mass is 361 g/mol. The van der Waals surface area contributed by atoms with E-state index in [0.717, 1.165) is 13.0 Å². The Hall–Kier alpha value is 0.430. The van der Waals surface area contributed by atoms with Crippen molar-refractivity contribution in [1.29, 1.82) is 0 Å². The Morgan fingerprint density at radius 3 is 1.95 bits per heavy atom. The van der Waals surface area contributed by atoms with Gasteiger partial charge in [0.25, 0.3) is 0 Å². The van der Waals surface area contributed by atoms with E-state index < -0.39 is 0 Å². The Labute approximate surface area is 137 Å². The Morgan fingerprint density at radius 2 is 1.42 bits per heavy atom. The molecule has 1 N–H and O–H groups in total. The Kier molecular flexibility index (Phi) is 5.77. The van der Waals surface area contributed by atoms with E-state index in [9.17, 15) is 0 Å². The molecular weight excluding hydrogens is 351 g/mol. The van der Waals surface area contributed by atoms with Gasteiger partial charge in [0, 0.05) is 6.04 Å². The molecule has 1 fully saturated rings. The van der Waals surface area contributed by atoms with Gasteiger partial charge in [-0.3, -0.25) is 0 Å². The van der Waals surface area contributed by atoms with E-state index in [0.29, 0.717) is 12.6 Å². The summed E-state index contributed by atoms with van der Waals surface area (Å²) in [5.74, 6) is 0.286. The van der Waals surface area contributed by atoms with Crippen LogP contribution in [0.5, 0.6) is 5.75 Å². The predicted molar refractivity (Wildman–Crippen MR) is 82.6 cm³/mol. The summed E-state index contributed by atoms with van der Waals surface area (Å²) in [7, 11) is 0. The largest absolute Gasteiger partial charge is 0.490 e. The third-order valence-electron chi connectivity index (χ3n) is 2.75. The molecule has 0 aromatic heterocycles. The summed E-state index contributed by atoms with van der Waals surface area (Å²) in [6.45, 7) is 1.38. The molecule has 0 atom stereocenters. The van der Waals surface area contributed by atoms with E-state index in [4.69, 9.17) is 62.7 Å². The first-order valence-corrected chi connectivity index (χ1v) is 7.79. The first-order chi connectivity index (χ1) is 9.02. The predicted octanol–water partition coefficient (Wildman–Crippen LogP) is 5.47. The molecule has 0 radical (unpaired) electrons. The number of rotatable bonds is 6. The van der Waals surface area contributed by atoms with E-state index >= 15 is 0 Å². The maximum atomic E-state index is 6.05. The fourth-order valence-electron chi connectivity index (χ4n) is 1.55. The zero-order chi connectivity index (χ0) is 14.0. The fraction of sp³-hybridized carbons (Fsp3) is 0.500. The van der Waals surface area contributed by atoms with Gasteiger partial charge in [0.15, 0.2) is 5.75 Å². The van der Waals surface area contributed by atoms with Gasteiger partial charge in [-0.2, -0.15) is 0 Å². The van der Waals surface area contributed by atoms with Crippen molar-refractivity contribution in [2.45, 2.75) is 25.3 Å². The average molecular weight is 363 g/mol. The molecular formula is C12H12Cl5NO. The highest BCUT2D eigenvalue weighted by atomic mass is 35.5. The van der Waals surface area contributed by atoms with E-state index in [1.54, 1.807) is 0 Å². The zero-order valence-electron chi connectivity index (χ0n) is 9.91. The number of ether oxygens (including phenoxy) is 1. The van der Waals surface area contributed by atoms with Crippen LogP contribution in [0.25, 0.3) is 0 Å². The third kappa shape index (κ3) is 3.96. The van der Waals surface area contributed by atoms with Gasteiger partial charge in [0.2, 0.25) is 0 Å². The van der Waals surface area contributed by atoms with Gasteiger partial charge in [-0.15, -0.1) is 0 Å². The summed E-state index contributed by atoms with van der Waals surface area (Å²) in [5, 5.41) is 4.22. The Morgan fingerprint density at radius 1 is 0.895 bits per heavy atom. The molecule has 0 aliphatic heterocycles. The van der Waals surface area contributed by atoms with Crippen LogP contribution in [0.1, 0.15) is 19.3 Å². The number of hydrogen-bond acceptors (Lipinski definition) is 2. The molecule has 2 nitrogen and oxygen atoms in total. The van der Waals surface area contributed by atoms with Gasteiger partial charge in [0.1, 0.15) is 10.0 Å². The Bertz CT molecular complexity index is 447. The minimum Gasteiger partial charge on any atom is -0.490 e. The molecule has 1 aromatic rings. The molecule has 1 aliphatic carbocycles. The minimum absolute atomic E-state index is 0.140. The van der Waals surface area contributed by atoms with Crippen LogP contribution in [-0.2, 0) is 0 Å². The maximum absolute atomic E-state index is 6.05. The lowest BCUT2D eigenvalue weighted by Gasteiger charge is -2.13. The summed E-state index contributed by atoms with van der Waals surface area (Å²) in [4.78, 5) is 0. The van der Waals surface area contributed by atoms with Crippen molar-refractivity contribution in [1.82, 2.24) is 5.32 Å². The lowest BCUT2D eigenvalue weighted by molar-refractivity contribution is 0.308. The van der Waals surface area contributed by atoms with Crippen LogP contribution >= 0.6 is 58.0 Å². The second kappa shape index (κ2) is 6.93. The Balaban J connectivity index is 1.94. The van der Waals surface area contributed by atoms with E-state index in [1.807, 2.05) is 0 Å². The first kappa shape index (κ1) is 15.8. The van der Waals surface area contributed by atoms with Crippen LogP contribution in [0.2, 0.25) is 25.1 Å². The van der Waals surface area contributed by atoms with Gasteiger partial charge in [-0.25, -0.2) is 0 Å². The molecule has 7 heteroatoms. The average Bonchev–Trinajstić information content (AvgIpc) is 3.21. The smallest absolute Gasteiger partial charge is 0.159 e. The van der Waals surface area contributed by atoms with Gasteiger partial charge in [-0.1, -0.05) is 58.0 Å². The van der Waals surface area contributed by atoms with E-state index in [-0.39, 0.29) is 30.9 Å². The lowest BCUT2D eigenvalue weighted by Crippen LogP contribution is -2.19. The molecule has 1 saturated carbocycles. The molecule has 1 aliphatic rings. The molecule has 0 saturated heterocycles. The van der Waals surface area contributed by atoms with Crippen LogP contribution < -0.4 is 10.1 Å². The SMILES string of the molecule is Clc1c(Cl)c(Cl)c(OCCCNC2CC2)c(Cl)c1Cl. The molecule has 106 valence electrons. The normalized spacial score (nSPS) is 14.8. The molecule has 0 bridgehead atoms. The van der Waals surface area contributed by atoms with Crippen molar-refractivity contribution in [3.05, 3.63) is 25.1 Å². The highest BCUT2D eigenvalue weighted by molar-refractivity contribution is 6.55. The highest BCUT2D eigenvalue weighted by Gasteiger charge is 2.21. The van der Waals surface area contributed by atoms with Gasteiger partial charge in [-0.05, 0) is 25.8 Å². The molecule has 0 unspecified atom stereocenters. The zero-order valence-corrected chi connectivity index (χ0v) is 13.7. The van der Waals surface area contributed by atoms with Crippen LogP contribution in [-0.4, -0.2) is 19.2 Å². The standard InChI is InChI=1S/C12H12Cl5NO/c13-7-8(14)10(16)12(11(17)9(7)15)19-5-1-4-18-6-2-3-6/h6,18H,1-5H2. The van der Waals surface area contributed by atoms with Crippen LogP contribution in [0.4, 0.5) is 0 Å². The van der Waals surface area contributed by atoms with Crippen molar-refractivity contribution in [2.24, 2.45) is 0 Å². The third-order valence-corrected chi connectivity index (χ3v) is 4.99. The van der Waals surface area contributed by atoms with Crippen molar-refractivity contribution in [2.75, 3.05) is 13.2 Å². The van der Waals surface area contributed by atoms with Crippen molar-refractivity contribution in [3.63, 3.8) is 0 Å². The van der Waals surface area contributed by atoms with Crippen LogP contribution in [0.15, 0.2) is 0 Å². The topological polar surface area (TPSA) is 21.3 Å². The molecule has 0 heterocycles. The number of nitrogens with one attached hydrogen (secondary N) is 1. The number of benzene rings is 1. The lowest BCUT2D eigenvalue weighted by atomic mass is 10.3. The summed E-state index contributed by atoms with van der Waals surface area (Å²) in [6.07, 6.45) is 3.38. The van der Waals surface area contributed by atoms with Crippen LogP contribution in [0.3, 0.4) is 0 Å².